The van der Waals surface area contributed by atoms with Crippen molar-refractivity contribution in [2.45, 2.75) is 19.3 Å². The minimum atomic E-state index is -3.33. The average Bonchev–Trinajstić information content (AvgIpc) is 2.87. The Morgan fingerprint density at radius 3 is 2.44 bits per heavy atom. The fraction of sp³-hybridized carbons (Fsp3) is 0.667. The highest BCUT2D eigenvalue weighted by molar-refractivity contribution is 7.89. The molecule has 3 aliphatic heterocycles. The lowest BCUT2D eigenvalue weighted by atomic mass is 9.96. The molecule has 0 bridgehead atoms. The van der Waals surface area contributed by atoms with Gasteiger partial charge in [-0.05, 0) is 56.9 Å². The number of fused-ring (bicyclic) bond motifs is 1. The standard InChI is InChI=1S/C24H36N4O7S/c29-22(30)18-27-10-12-28(13-11-27)36(32,33)16-2-7-26-8-5-19(6-9-26)17-25-24(31)20-3-1-4-21-23(20)35-15-14-34-21/h1,3-4,19H,2,5-18H2,(H,25,31)(H,29,30). The Morgan fingerprint density at radius 1 is 1.00 bits per heavy atom. The van der Waals surface area contributed by atoms with Crippen LogP contribution in [0.4, 0.5) is 0 Å². The number of carbonyl (C=O) groups is 2. The van der Waals surface area contributed by atoms with Gasteiger partial charge >= 0.3 is 5.97 Å². The maximum Gasteiger partial charge on any atom is 0.317 e. The lowest BCUT2D eigenvalue weighted by molar-refractivity contribution is -0.138. The van der Waals surface area contributed by atoms with Crippen LogP contribution in [0.15, 0.2) is 18.2 Å². The van der Waals surface area contributed by atoms with E-state index in [1.54, 1.807) is 23.1 Å². The molecule has 11 nitrogen and oxygen atoms in total. The van der Waals surface area contributed by atoms with Crippen molar-refractivity contribution in [3.8, 4) is 11.5 Å². The van der Waals surface area contributed by atoms with E-state index in [-0.39, 0.29) is 18.2 Å². The minimum Gasteiger partial charge on any atom is -0.486 e. The predicted octanol–water partition coefficient (Wildman–Crippen LogP) is 0.322. The molecule has 0 spiro atoms. The van der Waals surface area contributed by atoms with Crippen LogP contribution >= 0.6 is 0 Å². The van der Waals surface area contributed by atoms with E-state index in [2.05, 4.69) is 10.2 Å². The van der Waals surface area contributed by atoms with E-state index < -0.39 is 16.0 Å². The lowest BCUT2D eigenvalue weighted by Gasteiger charge is -2.34. The number of piperidine rings is 1. The summed E-state index contributed by atoms with van der Waals surface area (Å²) in [6.07, 6.45) is 2.47. The van der Waals surface area contributed by atoms with Crippen molar-refractivity contribution in [2.75, 3.05) is 77.9 Å². The second-order valence-electron chi connectivity index (χ2n) is 9.56. The van der Waals surface area contributed by atoms with Crippen LogP contribution in [0.5, 0.6) is 11.5 Å². The van der Waals surface area contributed by atoms with E-state index in [4.69, 9.17) is 14.6 Å². The van der Waals surface area contributed by atoms with Gasteiger partial charge in [0.05, 0.1) is 17.9 Å². The Kier molecular flexibility index (Phi) is 9.04. The number of benzene rings is 1. The molecule has 1 amide bonds. The Balaban J connectivity index is 1.13. The first-order valence-corrected chi connectivity index (χ1v) is 14.2. The summed E-state index contributed by atoms with van der Waals surface area (Å²) in [7, 11) is -3.33. The first-order valence-electron chi connectivity index (χ1n) is 12.6. The van der Waals surface area contributed by atoms with Crippen LogP contribution in [-0.2, 0) is 14.8 Å². The molecule has 4 rings (SSSR count). The number of rotatable bonds is 10. The monoisotopic (exact) mass is 524 g/mol. The van der Waals surface area contributed by atoms with Gasteiger partial charge in [0.15, 0.2) is 11.5 Å². The zero-order chi connectivity index (χ0) is 25.5. The van der Waals surface area contributed by atoms with Crippen LogP contribution in [0.1, 0.15) is 29.6 Å². The first kappa shape index (κ1) is 26.6. The van der Waals surface area contributed by atoms with Crippen molar-refractivity contribution in [3.05, 3.63) is 23.8 Å². The van der Waals surface area contributed by atoms with Crippen molar-refractivity contribution in [3.63, 3.8) is 0 Å². The smallest absolute Gasteiger partial charge is 0.317 e. The van der Waals surface area contributed by atoms with Gasteiger partial charge in [0.25, 0.3) is 5.91 Å². The summed E-state index contributed by atoms with van der Waals surface area (Å²) in [5.74, 6) is 0.547. The average molecular weight is 525 g/mol. The number of carbonyl (C=O) groups excluding carboxylic acids is 1. The summed E-state index contributed by atoms with van der Waals surface area (Å²) in [6, 6.07) is 5.34. The SMILES string of the molecule is O=C(O)CN1CCN(S(=O)(=O)CCCN2CCC(CNC(=O)c3cccc4c3OCCO4)CC2)CC1. The topological polar surface area (TPSA) is 129 Å². The molecular weight excluding hydrogens is 488 g/mol. The van der Waals surface area contributed by atoms with Crippen LogP contribution in [-0.4, -0.2) is 117 Å². The summed E-state index contributed by atoms with van der Waals surface area (Å²) >= 11 is 0. The quantitative estimate of drug-likeness (QED) is 0.445. The van der Waals surface area contributed by atoms with Crippen molar-refractivity contribution in [1.29, 1.82) is 0 Å². The summed E-state index contributed by atoms with van der Waals surface area (Å²) in [4.78, 5) is 27.6. The van der Waals surface area contributed by atoms with E-state index in [9.17, 15) is 18.0 Å². The summed E-state index contributed by atoms with van der Waals surface area (Å²) in [6.45, 7) is 5.53. The molecule has 2 saturated heterocycles. The normalized spacial score (nSPS) is 20.2. The molecule has 0 aromatic heterocycles. The van der Waals surface area contributed by atoms with E-state index >= 15 is 0 Å². The third-order valence-corrected chi connectivity index (χ3v) is 8.99. The number of para-hydroxylation sites is 1. The van der Waals surface area contributed by atoms with Gasteiger partial charge in [0, 0.05) is 32.7 Å². The van der Waals surface area contributed by atoms with Gasteiger partial charge in [-0.1, -0.05) is 6.07 Å². The zero-order valence-electron chi connectivity index (χ0n) is 20.6. The number of carboxylic acids is 1. The van der Waals surface area contributed by atoms with Gasteiger partial charge in [0.2, 0.25) is 10.0 Å². The second kappa shape index (κ2) is 12.2. The highest BCUT2D eigenvalue weighted by Crippen LogP contribution is 2.33. The van der Waals surface area contributed by atoms with Crippen molar-refractivity contribution in [1.82, 2.24) is 19.4 Å². The highest BCUT2D eigenvalue weighted by atomic mass is 32.2. The Morgan fingerprint density at radius 2 is 1.72 bits per heavy atom. The number of hydrogen-bond donors (Lipinski definition) is 2. The fourth-order valence-electron chi connectivity index (χ4n) is 4.96. The van der Waals surface area contributed by atoms with Crippen LogP contribution in [0.2, 0.25) is 0 Å². The molecule has 0 aliphatic carbocycles. The number of ether oxygens (including phenoxy) is 2. The second-order valence-corrected chi connectivity index (χ2v) is 11.7. The number of nitrogens with zero attached hydrogens (tertiary/aromatic N) is 3. The Bertz CT molecular complexity index is 1020. The number of amides is 1. The first-order chi connectivity index (χ1) is 17.3. The number of piperazine rings is 1. The van der Waals surface area contributed by atoms with E-state index in [1.807, 2.05) is 0 Å². The number of nitrogens with one attached hydrogen (secondary N) is 1. The number of sulfonamides is 1. The predicted molar refractivity (Wildman–Crippen MR) is 133 cm³/mol. The molecule has 0 saturated carbocycles. The minimum absolute atomic E-state index is 0.0505. The molecule has 3 aliphatic rings. The number of hydrogen-bond acceptors (Lipinski definition) is 8. The van der Waals surface area contributed by atoms with E-state index in [0.717, 1.165) is 32.5 Å². The van der Waals surface area contributed by atoms with Crippen molar-refractivity contribution < 1.29 is 32.6 Å². The molecule has 0 atom stereocenters. The van der Waals surface area contributed by atoms with Crippen molar-refractivity contribution in [2.24, 2.45) is 5.92 Å². The molecule has 1 aromatic rings. The van der Waals surface area contributed by atoms with Crippen LogP contribution in [0.25, 0.3) is 0 Å². The molecule has 2 fully saturated rings. The summed E-state index contributed by atoms with van der Waals surface area (Å²) in [5.41, 5.74) is 0.495. The van der Waals surface area contributed by atoms with Gasteiger partial charge in [-0.15, -0.1) is 0 Å². The molecular formula is C24H36N4O7S. The lowest BCUT2D eigenvalue weighted by Crippen LogP contribution is -2.50. The number of likely N-dealkylation sites (tertiary alicyclic amines) is 1. The maximum absolute atomic E-state index is 12.7. The largest absolute Gasteiger partial charge is 0.486 e. The highest BCUT2D eigenvalue weighted by Gasteiger charge is 2.28. The molecule has 36 heavy (non-hydrogen) atoms. The van der Waals surface area contributed by atoms with Crippen LogP contribution < -0.4 is 14.8 Å². The summed E-state index contributed by atoms with van der Waals surface area (Å²) < 4.78 is 38.0. The zero-order valence-corrected chi connectivity index (χ0v) is 21.4. The van der Waals surface area contributed by atoms with E-state index in [0.29, 0.717) is 75.3 Å². The molecule has 3 heterocycles. The molecule has 2 N–H and O–H groups in total. The third kappa shape index (κ3) is 7.09. The molecule has 200 valence electrons. The van der Waals surface area contributed by atoms with Crippen LogP contribution in [0.3, 0.4) is 0 Å². The van der Waals surface area contributed by atoms with Gasteiger partial charge in [0.1, 0.15) is 13.2 Å². The maximum atomic E-state index is 12.7. The number of aliphatic carboxylic acids is 1. The van der Waals surface area contributed by atoms with Gasteiger partial charge in [-0.3, -0.25) is 14.5 Å². The van der Waals surface area contributed by atoms with Crippen molar-refractivity contribution >= 4 is 21.9 Å². The molecule has 1 aromatic carbocycles. The molecule has 12 heteroatoms. The van der Waals surface area contributed by atoms with Gasteiger partial charge < -0.3 is 24.8 Å². The van der Waals surface area contributed by atoms with Gasteiger partial charge in [-0.2, -0.15) is 4.31 Å². The fourth-order valence-corrected chi connectivity index (χ4v) is 6.43. The Hall–Kier alpha value is -2.41. The Labute approximate surface area is 212 Å². The molecule has 0 unspecified atom stereocenters. The van der Waals surface area contributed by atoms with Gasteiger partial charge in [-0.25, -0.2) is 8.42 Å². The molecule has 0 radical (unpaired) electrons. The summed E-state index contributed by atoms with van der Waals surface area (Å²) in [5, 5.41) is 11.9. The van der Waals surface area contributed by atoms with Crippen LogP contribution in [0, 0.1) is 5.92 Å². The van der Waals surface area contributed by atoms with E-state index in [1.165, 1.54) is 4.31 Å². The number of carboxylic acid groups (broad SMARTS) is 1. The third-order valence-electron chi connectivity index (χ3n) is 7.03.